The number of para-hydroxylation sites is 1. The zero-order valence-corrected chi connectivity index (χ0v) is 17.6. The summed E-state index contributed by atoms with van der Waals surface area (Å²) in [6, 6.07) is 19.8. The highest BCUT2D eigenvalue weighted by atomic mass is 32.2. The SMILES string of the molecule is O=C(CCCSc1nnc(-c2cccs2)n1-c1ccccc1)Nc1ccc(F)cc1. The van der Waals surface area contributed by atoms with Gasteiger partial charge >= 0.3 is 0 Å². The Morgan fingerprint density at radius 2 is 1.83 bits per heavy atom. The standard InChI is InChI=1S/C22H19FN4OS2/c23-16-10-12-17(13-11-16)24-20(28)9-5-15-30-22-26-25-21(19-8-4-14-29-19)27(22)18-6-2-1-3-7-18/h1-4,6-8,10-14H,5,9,15H2,(H,24,28). The van der Waals surface area contributed by atoms with Gasteiger partial charge in [0, 0.05) is 23.5 Å². The monoisotopic (exact) mass is 438 g/mol. The fourth-order valence-corrected chi connectivity index (χ4v) is 4.48. The number of hydrogen-bond acceptors (Lipinski definition) is 5. The van der Waals surface area contributed by atoms with Gasteiger partial charge in [-0.2, -0.15) is 0 Å². The zero-order chi connectivity index (χ0) is 20.8. The van der Waals surface area contributed by atoms with E-state index in [9.17, 15) is 9.18 Å². The number of aromatic nitrogens is 3. The number of thioether (sulfide) groups is 1. The minimum atomic E-state index is -0.325. The summed E-state index contributed by atoms with van der Waals surface area (Å²) < 4.78 is 15.0. The molecular weight excluding hydrogens is 419 g/mol. The molecule has 8 heteroatoms. The molecule has 2 aromatic carbocycles. The van der Waals surface area contributed by atoms with Gasteiger partial charge < -0.3 is 5.32 Å². The molecule has 2 aromatic heterocycles. The van der Waals surface area contributed by atoms with Crippen LogP contribution in [0.15, 0.2) is 77.3 Å². The van der Waals surface area contributed by atoms with Crippen LogP contribution in [0.4, 0.5) is 10.1 Å². The van der Waals surface area contributed by atoms with E-state index in [1.807, 2.05) is 47.8 Å². The highest BCUT2D eigenvalue weighted by Crippen LogP contribution is 2.30. The molecule has 0 aliphatic rings. The molecule has 0 radical (unpaired) electrons. The highest BCUT2D eigenvalue weighted by Gasteiger charge is 2.16. The van der Waals surface area contributed by atoms with E-state index in [-0.39, 0.29) is 11.7 Å². The Kier molecular flexibility index (Phi) is 6.56. The third kappa shape index (κ3) is 4.95. The first kappa shape index (κ1) is 20.3. The first-order valence-corrected chi connectivity index (χ1v) is 11.3. The van der Waals surface area contributed by atoms with E-state index in [0.717, 1.165) is 27.3 Å². The van der Waals surface area contributed by atoms with E-state index in [1.165, 1.54) is 12.1 Å². The minimum Gasteiger partial charge on any atom is -0.326 e. The Labute approximate surface area is 182 Å². The van der Waals surface area contributed by atoms with Gasteiger partial charge in [0.1, 0.15) is 5.82 Å². The van der Waals surface area contributed by atoms with Gasteiger partial charge in [-0.1, -0.05) is 36.0 Å². The second kappa shape index (κ2) is 9.69. The van der Waals surface area contributed by atoms with Crippen molar-refractivity contribution in [3.8, 4) is 16.4 Å². The summed E-state index contributed by atoms with van der Waals surface area (Å²) in [7, 11) is 0. The molecule has 0 saturated carbocycles. The average Bonchev–Trinajstić information content (AvgIpc) is 3.43. The lowest BCUT2D eigenvalue weighted by atomic mass is 10.3. The van der Waals surface area contributed by atoms with Crippen LogP contribution in [0.25, 0.3) is 16.4 Å². The van der Waals surface area contributed by atoms with Gasteiger partial charge in [-0.15, -0.1) is 21.5 Å². The predicted octanol–water partition coefficient (Wildman–Crippen LogP) is 5.65. The normalized spacial score (nSPS) is 10.8. The van der Waals surface area contributed by atoms with Crippen molar-refractivity contribution >= 4 is 34.7 Å². The van der Waals surface area contributed by atoms with Gasteiger partial charge in [0.25, 0.3) is 0 Å². The van der Waals surface area contributed by atoms with Crippen LogP contribution < -0.4 is 5.32 Å². The summed E-state index contributed by atoms with van der Waals surface area (Å²) in [4.78, 5) is 13.2. The second-order valence-electron chi connectivity index (χ2n) is 6.46. The van der Waals surface area contributed by atoms with Gasteiger partial charge in [-0.25, -0.2) is 4.39 Å². The Bertz CT molecular complexity index is 1100. The molecule has 0 atom stereocenters. The van der Waals surface area contributed by atoms with Crippen molar-refractivity contribution in [3.63, 3.8) is 0 Å². The average molecular weight is 439 g/mol. The molecule has 0 aliphatic carbocycles. The maximum atomic E-state index is 13.0. The molecule has 1 N–H and O–H groups in total. The second-order valence-corrected chi connectivity index (χ2v) is 8.47. The van der Waals surface area contributed by atoms with Gasteiger partial charge in [0.2, 0.25) is 5.91 Å². The van der Waals surface area contributed by atoms with Crippen LogP contribution in [-0.2, 0) is 4.79 Å². The first-order chi connectivity index (χ1) is 14.7. The van der Waals surface area contributed by atoms with Crippen molar-refractivity contribution in [1.82, 2.24) is 14.8 Å². The number of halogens is 1. The number of nitrogens with one attached hydrogen (secondary N) is 1. The van der Waals surface area contributed by atoms with Crippen LogP contribution >= 0.6 is 23.1 Å². The number of thiophene rings is 1. The molecule has 152 valence electrons. The molecule has 0 saturated heterocycles. The number of anilines is 1. The Morgan fingerprint density at radius 3 is 2.57 bits per heavy atom. The molecule has 5 nitrogen and oxygen atoms in total. The third-order valence-corrected chi connectivity index (χ3v) is 6.18. The maximum absolute atomic E-state index is 13.0. The maximum Gasteiger partial charge on any atom is 0.224 e. The first-order valence-electron chi connectivity index (χ1n) is 9.43. The van der Waals surface area contributed by atoms with Gasteiger partial charge in [0.15, 0.2) is 11.0 Å². The number of benzene rings is 2. The molecule has 0 bridgehead atoms. The van der Waals surface area contributed by atoms with E-state index in [2.05, 4.69) is 20.1 Å². The number of carbonyl (C=O) groups is 1. The smallest absolute Gasteiger partial charge is 0.224 e. The van der Waals surface area contributed by atoms with E-state index in [1.54, 1.807) is 35.2 Å². The van der Waals surface area contributed by atoms with E-state index in [0.29, 0.717) is 18.5 Å². The molecule has 0 spiro atoms. The Hall–Kier alpha value is -2.97. The molecule has 0 fully saturated rings. The van der Waals surface area contributed by atoms with Crippen molar-refractivity contribution in [2.24, 2.45) is 0 Å². The van der Waals surface area contributed by atoms with Gasteiger partial charge in [-0.05, 0) is 54.3 Å². The van der Waals surface area contributed by atoms with Crippen molar-refractivity contribution in [2.45, 2.75) is 18.0 Å². The molecule has 2 heterocycles. The van der Waals surface area contributed by atoms with Crippen LogP contribution in [0.1, 0.15) is 12.8 Å². The topological polar surface area (TPSA) is 59.8 Å². The highest BCUT2D eigenvalue weighted by molar-refractivity contribution is 7.99. The quantitative estimate of drug-likeness (QED) is 0.285. The summed E-state index contributed by atoms with van der Waals surface area (Å²) in [6.07, 6.45) is 1.06. The fraction of sp³-hybridized carbons (Fsp3) is 0.136. The summed E-state index contributed by atoms with van der Waals surface area (Å²) in [5.74, 6) is 1.12. The molecule has 0 unspecified atom stereocenters. The summed E-state index contributed by atoms with van der Waals surface area (Å²) in [6.45, 7) is 0. The van der Waals surface area contributed by atoms with Crippen molar-refractivity contribution < 1.29 is 9.18 Å². The van der Waals surface area contributed by atoms with Crippen LogP contribution in [0.2, 0.25) is 0 Å². The van der Waals surface area contributed by atoms with Crippen molar-refractivity contribution in [1.29, 1.82) is 0 Å². The van der Waals surface area contributed by atoms with Gasteiger partial charge in [-0.3, -0.25) is 9.36 Å². The molecule has 30 heavy (non-hydrogen) atoms. The van der Waals surface area contributed by atoms with E-state index >= 15 is 0 Å². The third-order valence-electron chi connectivity index (χ3n) is 4.30. The number of carbonyl (C=O) groups excluding carboxylic acids is 1. The number of nitrogens with zero attached hydrogens (tertiary/aromatic N) is 3. The lowest BCUT2D eigenvalue weighted by molar-refractivity contribution is -0.116. The fourth-order valence-electron chi connectivity index (χ4n) is 2.89. The zero-order valence-electron chi connectivity index (χ0n) is 16.0. The van der Waals surface area contributed by atoms with Crippen molar-refractivity contribution in [3.05, 3.63) is 77.9 Å². The Morgan fingerprint density at radius 1 is 1.03 bits per heavy atom. The molecule has 0 aliphatic heterocycles. The van der Waals surface area contributed by atoms with E-state index < -0.39 is 0 Å². The summed E-state index contributed by atoms with van der Waals surface area (Å²) >= 11 is 3.20. The largest absolute Gasteiger partial charge is 0.326 e. The number of rotatable bonds is 8. The Balaban J connectivity index is 1.39. The molecular formula is C22H19FN4OS2. The molecule has 4 aromatic rings. The predicted molar refractivity (Wildman–Crippen MR) is 120 cm³/mol. The minimum absolute atomic E-state index is 0.0917. The summed E-state index contributed by atoms with van der Waals surface area (Å²) in [5, 5.41) is 14.4. The molecule has 4 rings (SSSR count). The van der Waals surface area contributed by atoms with Crippen LogP contribution in [0.3, 0.4) is 0 Å². The van der Waals surface area contributed by atoms with Crippen LogP contribution in [0.5, 0.6) is 0 Å². The van der Waals surface area contributed by atoms with Crippen molar-refractivity contribution in [2.75, 3.05) is 11.1 Å². The lowest BCUT2D eigenvalue weighted by Gasteiger charge is -2.09. The number of amides is 1. The van der Waals surface area contributed by atoms with E-state index in [4.69, 9.17) is 0 Å². The van der Waals surface area contributed by atoms with Crippen LogP contribution in [0, 0.1) is 5.82 Å². The molecule has 1 amide bonds. The van der Waals surface area contributed by atoms with Gasteiger partial charge in [0.05, 0.1) is 4.88 Å². The summed E-state index contributed by atoms with van der Waals surface area (Å²) in [5.41, 5.74) is 1.60. The number of hydrogen-bond donors (Lipinski definition) is 1. The lowest BCUT2D eigenvalue weighted by Crippen LogP contribution is -2.11. The van der Waals surface area contributed by atoms with Crippen LogP contribution in [-0.4, -0.2) is 26.4 Å².